The number of piperazine rings is 1. The van der Waals surface area contributed by atoms with E-state index in [4.69, 9.17) is 4.52 Å². The summed E-state index contributed by atoms with van der Waals surface area (Å²) in [5.41, 5.74) is 2.60. The zero-order valence-corrected chi connectivity index (χ0v) is 21.8. The number of sulfonamides is 1. The molecule has 8 nitrogen and oxygen atoms in total. The normalized spacial score (nSPS) is 14.4. The van der Waals surface area contributed by atoms with Gasteiger partial charge in [0.2, 0.25) is 5.91 Å². The minimum atomic E-state index is -4.11. The summed E-state index contributed by atoms with van der Waals surface area (Å²) < 4.78 is 47.0. The Hall–Kier alpha value is -3.40. The summed E-state index contributed by atoms with van der Waals surface area (Å²) in [6.07, 6.45) is 0. The maximum Gasteiger partial charge on any atom is 0.270 e. The topological polar surface area (TPSA) is 87.0 Å². The second-order valence-electron chi connectivity index (χ2n) is 9.26. The summed E-state index contributed by atoms with van der Waals surface area (Å²) >= 11 is 0. The van der Waals surface area contributed by atoms with Crippen LogP contribution in [0.1, 0.15) is 36.8 Å². The molecule has 1 fully saturated rings. The van der Waals surface area contributed by atoms with Gasteiger partial charge in [-0.15, -0.1) is 0 Å². The van der Waals surface area contributed by atoms with E-state index in [2.05, 4.69) is 23.9 Å². The van der Waals surface area contributed by atoms with E-state index in [1.165, 1.54) is 12.1 Å². The van der Waals surface area contributed by atoms with Gasteiger partial charge < -0.3 is 14.3 Å². The highest BCUT2D eigenvalue weighted by Crippen LogP contribution is 2.29. The number of nitrogens with zero attached hydrogens (tertiary/aromatic N) is 4. The van der Waals surface area contributed by atoms with Gasteiger partial charge in [0.15, 0.2) is 10.7 Å². The first-order valence-electron chi connectivity index (χ1n) is 11.9. The predicted molar refractivity (Wildman–Crippen MR) is 136 cm³/mol. The molecule has 0 spiro atoms. The molecule has 0 bridgehead atoms. The predicted octanol–water partition coefficient (Wildman–Crippen LogP) is 4.10. The van der Waals surface area contributed by atoms with Crippen molar-refractivity contribution in [3.63, 3.8) is 0 Å². The highest BCUT2D eigenvalue weighted by atomic mass is 32.2. The van der Waals surface area contributed by atoms with E-state index >= 15 is 0 Å². The van der Waals surface area contributed by atoms with Crippen LogP contribution in [0.5, 0.6) is 0 Å². The molecule has 1 aromatic heterocycles. The SMILES string of the molecule is Cc1noc(C)c1S(=O)(=O)N(CC(=O)N1CCN(c2ccc(F)cc2)CC1)c1ccc(C(C)C)cc1. The van der Waals surface area contributed by atoms with Crippen LogP contribution in [0.4, 0.5) is 15.8 Å². The first-order chi connectivity index (χ1) is 17.1. The zero-order valence-electron chi connectivity index (χ0n) is 20.9. The van der Waals surface area contributed by atoms with Gasteiger partial charge in [-0.2, -0.15) is 0 Å². The van der Waals surface area contributed by atoms with Gasteiger partial charge in [0.05, 0.1) is 5.69 Å². The molecule has 0 N–H and O–H groups in total. The summed E-state index contributed by atoms with van der Waals surface area (Å²) in [6, 6.07) is 13.5. The molecule has 1 aliphatic rings. The van der Waals surface area contributed by atoms with E-state index in [0.29, 0.717) is 31.9 Å². The summed E-state index contributed by atoms with van der Waals surface area (Å²) in [7, 11) is -4.11. The Morgan fingerprint density at radius 2 is 1.64 bits per heavy atom. The molecule has 4 rings (SSSR count). The van der Waals surface area contributed by atoms with Gasteiger partial charge in [-0.25, -0.2) is 12.8 Å². The second-order valence-corrected chi connectivity index (χ2v) is 11.1. The van der Waals surface area contributed by atoms with Crippen LogP contribution in [0, 0.1) is 19.7 Å². The van der Waals surface area contributed by atoms with Crippen LogP contribution in [-0.4, -0.2) is 57.1 Å². The van der Waals surface area contributed by atoms with Gasteiger partial charge in [-0.1, -0.05) is 31.1 Å². The number of hydrogen-bond donors (Lipinski definition) is 0. The molecular weight excluding hydrogens is 483 g/mol. The number of carbonyl (C=O) groups excluding carboxylic acids is 1. The largest absolute Gasteiger partial charge is 0.368 e. The molecule has 10 heteroatoms. The van der Waals surface area contributed by atoms with Crippen molar-refractivity contribution in [2.24, 2.45) is 0 Å². The fourth-order valence-corrected chi connectivity index (χ4v) is 6.09. The molecule has 1 aliphatic heterocycles. The molecule has 3 aromatic rings. The van der Waals surface area contributed by atoms with Crippen LogP contribution >= 0.6 is 0 Å². The Balaban J connectivity index is 1.56. The average molecular weight is 515 g/mol. The van der Waals surface area contributed by atoms with Crippen molar-refractivity contribution in [1.29, 1.82) is 0 Å². The summed E-state index contributed by atoms with van der Waals surface area (Å²) in [4.78, 5) is 17.1. The average Bonchev–Trinajstić information content (AvgIpc) is 3.21. The number of hydrogen-bond acceptors (Lipinski definition) is 6. The van der Waals surface area contributed by atoms with Crippen LogP contribution in [0.15, 0.2) is 57.9 Å². The quantitative estimate of drug-likeness (QED) is 0.472. The summed E-state index contributed by atoms with van der Waals surface area (Å²) in [5, 5.41) is 3.80. The number of anilines is 2. The lowest BCUT2D eigenvalue weighted by atomic mass is 10.0. The molecular formula is C26H31FN4O4S. The van der Waals surface area contributed by atoms with Crippen LogP contribution in [-0.2, 0) is 14.8 Å². The van der Waals surface area contributed by atoms with Crippen molar-refractivity contribution in [3.8, 4) is 0 Å². The van der Waals surface area contributed by atoms with E-state index in [1.54, 1.807) is 43.0 Å². The molecule has 2 heterocycles. The highest BCUT2D eigenvalue weighted by Gasteiger charge is 2.34. The molecule has 0 saturated carbocycles. The lowest BCUT2D eigenvalue weighted by molar-refractivity contribution is -0.129. The van der Waals surface area contributed by atoms with Crippen LogP contribution in [0.25, 0.3) is 0 Å². The van der Waals surface area contributed by atoms with Crippen molar-refractivity contribution >= 4 is 27.3 Å². The van der Waals surface area contributed by atoms with E-state index in [0.717, 1.165) is 15.6 Å². The van der Waals surface area contributed by atoms with Crippen molar-refractivity contribution in [3.05, 3.63) is 71.4 Å². The van der Waals surface area contributed by atoms with Crippen LogP contribution in [0.3, 0.4) is 0 Å². The Kier molecular flexibility index (Phi) is 7.35. The van der Waals surface area contributed by atoms with Crippen molar-refractivity contribution in [2.45, 2.75) is 38.5 Å². The highest BCUT2D eigenvalue weighted by molar-refractivity contribution is 7.93. The molecule has 0 unspecified atom stereocenters. The molecule has 1 saturated heterocycles. The third kappa shape index (κ3) is 5.23. The third-order valence-electron chi connectivity index (χ3n) is 6.47. The standard InChI is InChI=1S/C26H31FN4O4S/c1-18(2)21-5-9-24(10-6-21)31(36(33,34)26-19(3)28-35-20(26)4)17-25(32)30-15-13-29(14-16-30)23-11-7-22(27)8-12-23/h5-12,18H,13-17H2,1-4H3. The van der Waals surface area contributed by atoms with E-state index in [9.17, 15) is 17.6 Å². The Labute approximate surface area is 211 Å². The summed E-state index contributed by atoms with van der Waals surface area (Å²) in [5.74, 6) is -0.131. The van der Waals surface area contributed by atoms with Gasteiger partial charge in [0.1, 0.15) is 18.1 Å². The number of aromatic nitrogens is 1. The van der Waals surface area contributed by atoms with Gasteiger partial charge >= 0.3 is 0 Å². The number of amides is 1. The molecule has 0 atom stereocenters. The summed E-state index contributed by atoms with van der Waals surface area (Å²) in [6.45, 7) is 8.88. The van der Waals surface area contributed by atoms with Gasteiger partial charge in [0, 0.05) is 31.9 Å². The molecule has 192 valence electrons. The number of rotatable bonds is 7. The molecule has 36 heavy (non-hydrogen) atoms. The molecule has 1 amide bonds. The molecule has 0 radical (unpaired) electrons. The first-order valence-corrected chi connectivity index (χ1v) is 13.4. The van der Waals surface area contributed by atoms with Gasteiger partial charge in [-0.05, 0) is 61.7 Å². The number of benzene rings is 2. The number of aryl methyl sites for hydroxylation is 2. The number of carbonyl (C=O) groups is 1. The minimum absolute atomic E-state index is 0.0237. The van der Waals surface area contributed by atoms with E-state index < -0.39 is 10.0 Å². The Morgan fingerprint density at radius 3 is 2.17 bits per heavy atom. The number of halogens is 1. The maximum absolute atomic E-state index is 13.8. The van der Waals surface area contributed by atoms with E-state index in [1.807, 2.05) is 12.1 Å². The van der Waals surface area contributed by atoms with Gasteiger partial charge in [0.25, 0.3) is 10.0 Å². The first kappa shape index (κ1) is 25.7. The monoisotopic (exact) mass is 514 g/mol. The lowest BCUT2D eigenvalue weighted by Gasteiger charge is -2.37. The van der Waals surface area contributed by atoms with Crippen LogP contribution < -0.4 is 9.21 Å². The van der Waals surface area contributed by atoms with Crippen LogP contribution in [0.2, 0.25) is 0 Å². The fraction of sp³-hybridized carbons (Fsp3) is 0.385. The van der Waals surface area contributed by atoms with Crippen molar-refractivity contribution < 1.29 is 22.1 Å². The fourth-order valence-electron chi connectivity index (χ4n) is 4.38. The zero-order chi connectivity index (χ0) is 26.0. The molecule has 0 aliphatic carbocycles. The third-order valence-corrected chi connectivity index (χ3v) is 8.49. The molecule has 2 aromatic carbocycles. The lowest BCUT2D eigenvalue weighted by Crippen LogP contribution is -2.52. The van der Waals surface area contributed by atoms with Crippen molar-refractivity contribution in [1.82, 2.24) is 10.1 Å². The Morgan fingerprint density at radius 1 is 1.03 bits per heavy atom. The van der Waals surface area contributed by atoms with E-state index in [-0.39, 0.29) is 40.5 Å². The van der Waals surface area contributed by atoms with Crippen molar-refractivity contribution in [2.75, 3.05) is 41.9 Å². The van der Waals surface area contributed by atoms with Gasteiger partial charge in [-0.3, -0.25) is 9.10 Å². The maximum atomic E-state index is 13.8. The Bertz CT molecular complexity index is 1290. The smallest absolute Gasteiger partial charge is 0.270 e. The second kappa shape index (κ2) is 10.3. The minimum Gasteiger partial charge on any atom is -0.368 e.